The first-order chi connectivity index (χ1) is 9.93. The lowest BCUT2D eigenvalue weighted by molar-refractivity contribution is -0.131. The van der Waals surface area contributed by atoms with Crippen molar-refractivity contribution in [2.45, 2.75) is 40.5 Å². The number of benzene rings is 1. The molecule has 5 nitrogen and oxygen atoms in total. The van der Waals surface area contributed by atoms with Crippen molar-refractivity contribution in [2.75, 3.05) is 6.61 Å². The summed E-state index contributed by atoms with van der Waals surface area (Å²) in [5.41, 5.74) is 7.04. The molecule has 1 atom stereocenters. The van der Waals surface area contributed by atoms with Gasteiger partial charge in [-0.3, -0.25) is 20.4 Å². The maximum Gasteiger partial charge on any atom is 0.276 e. The summed E-state index contributed by atoms with van der Waals surface area (Å²) in [7, 11) is 0. The standard InChI is InChI=1S/C16H24N2O3/c1-5-6-12(3)16(20)18-17-15(19)10-21-14-8-7-11(2)13(4)9-14/h7-9,12H,5-6,10H2,1-4H3,(H,17,19)(H,18,20). The molecule has 1 aromatic carbocycles. The van der Waals surface area contributed by atoms with Gasteiger partial charge in [0.25, 0.3) is 5.91 Å². The molecule has 0 heterocycles. The first kappa shape index (κ1) is 17.0. The molecule has 21 heavy (non-hydrogen) atoms. The van der Waals surface area contributed by atoms with Crippen LogP contribution in [0.15, 0.2) is 18.2 Å². The lowest BCUT2D eigenvalue weighted by Crippen LogP contribution is -2.45. The van der Waals surface area contributed by atoms with Gasteiger partial charge in [0, 0.05) is 5.92 Å². The maximum absolute atomic E-state index is 11.6. The summed E-state index contributed by atoms with van der Waals surface area (Å²) in [5, 5.41) is 0. The summed E-state index contributed by atoms with van der Waals surface area (Å²) in [6.07, 6.45) is 1.72. The second-order valence-electron chi connectivity index (χ2n) is 5.26. The highest BCUT2D eigenvalue weighted by molar-refractivity contribution is 5.83. The van der Waals surface area contributed by atoms with E-state index in [-0.39, 0.29) is 24.3 Å². The van der Waals surface area contributed by atoms with Gasteiger partial charge < -0.3 is 4.74 Å². The number of hydrazine groups is 1. The summed E-state index contributed by atoms with van der Waals surface area (Å²) in [5.74, 6) is -0.0449. The molecule has 116 valence electrons. The number of carbonyl (C=O) groups excluding carboxylic acids is 2. The summed E-state index contributed by atoms with van der Waals surface area (Å²) < 4.78 is 5.38. The molecule has 0 saturated carbocycles. The zero-order chi connectivity index (χ0) is 15.8. The zero-order valence-corrected chi connectivity index (χ0v) is 13.2. The molecule has 1 rings (SSSR count). The van der Waals surface area contributed by atoms with Gasteiger partial charge in [-0.2, -0.15) is 0 Å². The molecule has 0 aliphatic rings. The van der Waals surface area contributed by atoms with Crippen molar-refractivity contribution in [3.05, 3.63) is 29.3 Å². The number of aryl methyl sites for hydroxylation is 2. The van der Waals surface area contributed by atoms with Crippen LogP contribution in [0.4, 0.5) is 0 Å². The van der Waals surface area contributed by atoms with Crippen LogP contribution >= 0.6 is 0 Å². The third-order valence-electron chi connectivity index (χ3n) is 3.34. The number of ether oxygens (including phenoxy) is 1. The Bertz CT molecular complexity index is 500. The molecule has 2 amide bonds. The number of amides is 2. The van der Waals surface area contributed by atoms with Gasteiger partial charge in [0.2, 0.25) is 5.91 Å². The lowest BCUT2D eigenvalue weighted by atomic mass is 10.1. The van der Waals surface area contributed by atoms with Gasteiger partial charge in [-0.1, -0.05) is 26.3 Å². The highest BCUT2D eigenvalue weighted by Gasteiger charge is 2.12. The molecule has 0 fully saturated rings. The maximum atomic E-state index is 11.6. The fraction of sp³-hybridized carbons (Fsp3) is 0.500. The Morgan fingerprint density at radius 2 is 1.90 bits per heavy atom. The molecule has 5 heteroatoms. The predicted octanol–water partition coefficient (Wildman–Crippen LogP) is 2.27. The second-order valence-corrected chi connectivity index (χ2v) is 5.26. The number of hydrogen-bond acceptors (Lipinski definition) is 3. The van der Waals surface area contributed by atoms with Gasteiger partial charge in [0.1, 0.15) is 5.75 Å². The highest BCUT2D eigenvalue weighted by Crippen LogP contribution is 2.16. The van der Waals surface area contributed by atoms with Crippen LogP contribution in [0, 0.1) is 19.8 Å². The lowest BCUT2D eigenvalue weighted by Gasteiger charge is -2.12. The molecule has 0 aliphatic carbocycles. The minimum absolute atomic E-state index is 0.115. The van der Waals surface area contributed by atoms with Crippen LogP contribution < -0.4 is 15.6 Å². The van der Waals surface area contributed by atoms with Crippen molar-refractivity contribution in [1.82, 2.24) is 10.9 Å². The zero-order valence-electron chi connectivity index (χ0n) is 13.2. The molecule has 1 aromatic rings. The minimum atomic E-state index is -0.384. The third-order valence-corrected chi connectivity index (χ3v) is 3.34. The van der Waals surface area contributed by atoms with E-state index in [1.165, 1.54) is 5.56 Å². The second kappa shape index (κ2) is 8.29. The summed E-state index contributed by atoms with van der Waals surface area (Å²) in [6, 6.07) is 5.64. The first-order valence-corrected chi connectivity index (χ1v) is 7.22. The Labute approximate surface area is 126 Å². The monoisotopic (exact) mass is 292 g/mol. The normalized spacial score (nSPS) is 11.6. The van der Waals surface area contributed by atoms with Crippen molar-refractivity contribution >= 4 is 11.8 Å². The smallest absolute Gasteiger partial charge is 0.276 e. The van der Waals surface area contributed by atoms with E-state index >= 15 is 0 Å². The summed E-state index contributed by atoms with van der Waals surface area (Å²) in [6.45, 7) is 7.71. The van der Waals surface area contributed by atoms with Crippen molar-refractivity contribution in [2.24, 2.45) is 5.92 Å². The number of rotatable bonds is 6. The van der Waals surface area contributed by atoms with E-state index in [0.29, 0.717) is 5.75 Å². The van der Waals surface area contributed by atoms with E-state index in [1.807, 2.05) is 45.9 Å². The average Bonchev–Trinajstić information content (AvgIpc) is 2.46. The minimum Gasteiger partial charge on any atom is -0.484 e. The molecule has 0 saturated heterocycles. The predicted molar refractivity (Wildman–Crippen MR) is 81.8 cm³/mol. The molecular formula is C16H24N2O3. The molecule has 2 N–H and O–H groups in total. The van der Waals surface area contributed by atoms with Crippen LogP contribution in [-0.2, 0) is 9.59 Å². The van der Waals surface area contributed by atoms with Crippen LogP contribution in [0.2, 0.25) is 0 Å². The van der Waals surface area contributed by atoms with Gasteiger partial charge in [-0.05, 0) is 43.5 Å². The molecule has 0 aliphatic heterocycles. The van der Waals surface area contributed by atoms with Crippen LogP contribution in [0.5, 0.6) is 5.75 Å². The quantitative estimate of drug-likeness (QED) is 0.790. The number of nitrogens with one attached hydrogen (secondary N) is 2. The van der Waals surface area contributed by atoms with E-state index in [9.17, 15) is 9.59 Å². The van der Waals surface area contributed by atoms with Gasteiger partial charge in [-0.25, -0.2) is 0 Å². The first-order valence-electron chi connectivity index (χ1n) is 7.22. The van der Waals surface area contributed by atoms with E-state index in [0.717, 1.165) is 18.4 Å². The van der Waals surface area contributed by atoms with Crippen LogP contribution in [-0.4, -0.2) is 18.4 Å². The van der Waals surface area contributed by atoms with E-state index < -0.39 is 0 Å². The van der Waals surface area contributed by atoms with E-state index in [4.69, 9.17) is 4.74 Å². The summed E-state index contributed by atoms with van der Waals surface area (Å²) >= 11 is 0. The highest BCUT2D eigenvalue weighted by atomic mass is 16.5. The molecular weight excluding hydrogens is 268 g/mol. The Balaban J connectivity index is 2.34. The fourth-order valence-electron chi connectivity index (χ4n) is 1.81. The van der Waals surface area contributed by atoms with Gasteiger partial charge in [0.15, 0.2) is 6.61 Å². The number of carbonyl (C=O) groups is 2. The summed E-state index contributed by atoms with van der Waals surface area (Å²) in [4.78, 5) is 23.2. The molecule has 0 aromatic heterocycles. The van der Waals surface area contributed by atoms with Gasteiger partial charge in [-0.15, -0.1) is 0 Å². The molecule has 0 bridgehead atoms. The number of hydrogen-bond donors (Lipinski definition) is 2. The van der Waals surface area contributed by atoms with Crippen LogP contribution in [0.1, 0.15) is 37.8 Å². The van der Waals surface area contributed by atoms with E-state index in [1.54, 1.807) is 0 Å². The van der Waals surface area contributed by atoms with Gasteiger partial charge in [0.05, 0.1) is 0 Å². The Kier molecular flexibility index (Phi) is 6.72. The topological polar surface area (TPSA) is 67.4 Å². The van der Waals surface area contributed by atoms with Crippen LogP contribution in [0.25, 0.3) is 0 Å². The van der Waals surface area contributed by atoms with Crippen molar-refractivity contribution in [1.29, 1.82) is 0 Å². The van der Waals surface area contributed by atoms with E-state index in [2.05, 4.69) is 10.9 Å². The largest absolute Gasteiger partial charge is 0.484 e. The fourth-order valence-corrected chi connectivity index (χ4v) is 1.81. The Morgan fingerprint density at radius 1 is 1.19 bits per heavy atom. The third kappa shape index (κ3) is 5.85. The molecule has 0 radical (unpaired) electrons. The Hall–Kier alpha value is -2.04. The SMILES string of the molecule is CCCC(C)C(=O)NNC(=O)COc1ccc(C)c(C)c1. The van der Waals surface area contributed by atoms with Crippen LogP contribution in [0.3, 0.4) is 0 Å². The Morgan fingerprint density at radius 3 is 2.52 bits per heavy atom. The molecule has 0 spiro atoms. The molecule has 1 unspecified atom stereocenters. The van der Waals surface area contributed by atoms with Crippen molar-refractivity contribution in [3.63, 3.8) is 0 Å². The van der Waals surface area contributed by atoms with Crippen molar-refractivity contribution < 1.29 is 14.3 Å². The van der Waals surface area contributed by atoms with Gasteiger partial charge >= 0.3 is 0 Å². The van der Waals surface area contributed by atoms with Crippen molar-refractivity contribution in [3.8, 4) is 5.75 Å². The average molecular weight is 292 g/mol.